The smallest absolute Gasteiger partial charge is 0.142 e. The molecule has 5 rings (SSSR count). The fourth-order valence-corrected chi connectivity index (χ4v) is 6.80. The molecular weight excluding hydrogens is 488 g/mol. The number of hydrogen-bond donors (Lipinski definition) is 1. The SMILES string of the molecule is C=C/C=C1\C(=C)CC[C@]23CC2(CC)c2cc(C#N)ccc2C(=N3)N(c2c(C(C)C)cccc2C(C)C)C1=N.CC. The van der Waals surface area contributed by atoms with Gasteiger partial charge in [-0.1, -0.05) is 92.0 Å². The lowest BCUT2D eigenvalue weighted by molar-refractivity contribution is 0.482. The van der Waals surface area contributed by atoms with Gasteiger partial charge in [0.15, 0.2) is 0 Å². The van der Waals surface area contributed by atoms with Crippen molar-refractivity contribution in [2.45, 2.75) is 96.9 Å². The molecule has 3 aliphatic rings. The predicted molar refractivity (Wildman–Crippen MR) is 170 cm³/mol. The predicted octanol–water partition coefficient (Wildman–Crippen LogP) is 9.33. The standard InChI is InChI=1S/C34H38N4.C2H6/c1-8-11-27-23(7)16-17-34-20-33(34,9-2)29-18-24(19-35)14-15-28(29)32(37-34)38(31(27)36)30-25(21(3)4)12-10-13-26(30)22(5)6;1-2/h8,10-15,18,21-22,36H,1,7,9,16-17,20H2,2-6H3;1-2H3/b27-11+,36-31?;/t33?,34-;/m0./s1. The quantitative estimate of drug-likeness (QED) is 0.417. The van der Waals surface area contributed by atoms with E-state index in [4.69, 9.17) is 4.99 Å². The van der Waals surface area contributed by atoms with Crippen molar-refractivity contribution >= 4 is 17.4 Å². The van der Waals surface area contributed by atoms with Crippen LogP contribution in [0.2, 0.25) is 0 Å². The lowest BCUT2D eigenvalue weighted by atomic mass is 9.80. The largest absolute Gasteiger partial charge is 0.283 e. The van der Waals surface area contributed by atoms with Gasteiger partial charge in [0.2, 0.25) is 0 Å². The molecule has 0 radical (unpaired) electrons. The summed E-state index contributed by atoms with van der Waals surface area (Å²) in [6, 6.07) is 14.9. The highest BCUT2D eigenvalue weighted by atomic mass is 15.3. The van der Waals surface area contributed by atoms with Crippen molar-refractivity contribution in [1.29, 1.82) is 10.7 Å². The summed E-state index contributed by atoms with van der Waals surface area (Å²) in [5, 5.41) is 19.5. The van der Waals surface area contributed by atoms with Crippen LogP contribution < -0.4 is 4.90 Å². The lowest BCUT2D eigenvalue weighted by Crippen LogP contribution is -2.43. The van der Waals surface area contributed by atoms with Crippen molar-refractivity contribution < 1.29 is 0 Å². The van der Waals surface area contributed by atoms with E-state index in [0.29, 0.717) is 11.4 Å². The molecule has 4 heteroatoms. The number of aliphatic imine (C=N–C) groups is 1. The number of nitrogens with one attached hydrogen (secondary N) is 1. The number of benzene rings is 2. The first-order valence-corrected chi connectivity index (χ1v) is 14.8. The monoisotopic (exact) mass is 532 g/mol. The average Bonchev–Trinajstić information content (AvgIpc) is 3.63. The molecule has 2 aromatic rings. The lowest BCUT2D eigenvalue weighted by Gasteiger charge is -2.37. The van der Waals surface area contributed by atoms with Crippen LogP contribution in [0.15, 0.2) is 77.8 Å². The molecule has 1 fully saturated rings. The zero-order valence-corrected chi connectivity index (χ0v) is 25.4. The Kier molecular flexibility index (Phi) is 8.08. The Hall–Kier alpha value is -3.71. The van der Waals surface area contributed by atoms with Crippen LogP contribution in [0.1, 0.15) is 114 Å². The molecule has 1 N–H and O–H groups in total. The van der Waals surface area contributed by atoms with Crippen molar-refractivity contribution in [3.63, 3.8) is 0 Å². The number of anilines is 1. The van der Waals surface area contributed by atoms with E-state index >= 15 is 0 Å². The summed E-state index contributed by atoms with van der Waals surface area (Å²) >= 11 is 0. The topological polar surface area (TPSA) is 63.2 Å². The molecule has 0 amide bonds. The molecule has 0 saturated heterocycles. The van der Waals surface area contributed by atoms with Crippen molar-refractivity contribution in [3.8, 4) is 6.07 Å². The Labute approximate surface area is 241 Å². The Morgan fingerprint density at radius 2 is 1.77 bits per heavy atom. The summed E-state index contributed by atoms with van der Waals surface area (Å²) in [7, 11) is 0. The van der Waals surface area contributed by atoms with Gasteiger partial charge in [0.05, 0.1) is 22.9 Å². The number of allylic oxidation sites excluding steroid dienone is 2. The first-order chi connectivity index (χ1) is 19.1. The second-order valence-electron chi connectivity index (χ2n) is 11.6. The molecule has 208 valence electrons. The van der Waals surface area contributed by atoms with E-state index in [1.54, 1.807) is 6.08 Å². The van der Waals surface area contributed by atoms with Gasteiger partial charge in [-0.25, -0.2) is 0 Å². The van der Waals surface area contributed by atoms with Crippen LogP contribution in [0.3, 0.4) is 0 Å². The molecule has 1 spiro atoms. The zero-order chi connectivity index (χ0) is 29.4. The van der Waals surface area contributed by atoms with E-state index < -0.39 is 0 Å². The molecular formula is C36H44N4. The fourth-order valence-electron chi connectivity index (χ4n) is 6.80. The van der Waals surface area contributed by atoms with Gasteiger partial charge in [0, 0.05) is 16.6 Å². The van der Waals surface area contributed by atoms with Crippen LogP contribution in [-0.2, 0) is 5.41 Å². The Bertz CT molecular complexity index is 1440. The fraction of sp³-hybridized carbons (Fsp3) is 0.417. The molecule has 2 heterocycles. The normalized spacial score (nSPS) is 24.1. The van der Waals surface area contributed by atoms with Gasteiger partial charge >= 0.3 is 0 Å². The number of nitrogens with zero attached hydrogens (tertiary/aromatic N) is 3. The summed E-state index contributed by atoms with van der Waals surface area (Å²) in [6.07, 6.45) is 7.25. The minimum Gasteiger partial charge on any atom is -0.283 e. The number of nitriles is 1. The van der Waals surface area contributed by atoms with Gasteiger partial charge in [-0.15, -0.1) is 0 Å². The number of para-hydroxylation sites is 1. The van der Waals surface area contributed by atoms with E-state index in [-0.39, 0.29) is 22.8 Å². The maximum absolute atomic E-state index is 9.78. The molecule has 1 unspecified atom stereocenters. The van der Waals surface area contributed by atoms with Gasteiger partial charge in [0.1, 0.15) is 11.7 Å². The third-order valence-electron chi connectivity index (χ3n) is 8.95. The second-order valence-corrected chi connectivity index (χ2v) is 11.6. The second kappa shape index (κ2) is 11.0. The number of fused-ring (bicyclic) bond motifs is 3. The maximum Gasteiger partial charge on any atom is 0.142 e. The van der Waals surface area contributed by atoms with Crippen molar-refractivity contribution in [1.82, 2.24) is 0 Å². The highest BCUT2D eigenvalue weighted by molar-refractivity contribution is 6.31. The number of amidine groups is 2. The van der Waals surface area contributed by atoms with E-state index in [1.165, 1.54) is 16.7 Å². The van der Waals surface area contributed by atoms with Crippen LogP contribution in [0.5, 0.6) is 0 Å². The molecule has 1 saturated carbocycles. The number of rotatable bonds is 5. The molecule has 1 aliphatic carbocycles. The highest BCUT2D eigenvalue weighted by Gasteiger charge is 2.70. The van der Waals surface area contributed by atoms with Crippen molar-refractivity contribution in [3.05, 3.63) is 101 Å². The summed E-state index contributed by atoms with van der Waals surface area (Å²) in [6.45, 7) is 23.5. The Balaban J connectivity index is 0.00000181. The first kappa shape index (κ1) is 29.3. The molecule has 2 bridgehead atoms. The van der Waals surface area contributed by atoms with E-state index in [2.05, 4.69) is 89.1 Å². The Morgan fingerprint density at radius 1 is 1.12 bits per heavy atom. The highest BCUT2D eigenvalue weighted by Crippen LogP contribution is 2.68. The molecule has 40 heavy (non-hydrogen) atoms. The van der Waals surface area contributed by atoms with Gasteiger partial charge in [-0.05, 0) is 78.0 Å². The summed E-state index contributed by atoms with van der Waals surface area (Å²) in [5.74, 6) is 1.71. The molecule has 0 aromatic heterocycles. The molecule has 2 atom stereocenters. The minimum absolute atomic E-state index is 0.0854. The Morgan fingerprint density at radius 3 is 2.33 bits per heavy atom. The minimum atomic E-state index is -0.256. The average molecular weight is 533 g/mol. The molecule has 2 aromatic carbocycles. The van der Waals surface area contributed by atoms with E-state index in [9.17, 15) is 10.7 Å². The van der Waals surface area contributed by atoms with Crippen molar-refractivity contribution in [2.75, 3.05) is 4.90 Å². The van der Waals surface area contributed by atoms with Gasteiger partial charge in [-0.2, -0.15) is 5.26 Å². The molecule has 2 aliphatic heterocycles. The summed E-state index contributed by atoms with van der Waals surface area (Å²) in [4.78, 5) is 7.71. The summed E-state index contributed by atoms with van der Waals surface area (Å²) in [5.41, 5.74) is 7.75. The maximum atomic E-state index is 9.78. The third kappa shape index (κ3) is 4.37. The van der Waals surface area contributed by atoms with Crippen LogP contribution in [0.25, 0.3) is 0 Å². The van der Waals surface area contributed by atoms with Gasteiger partial charge in [-0.3, -0.25) is 15.3 Å². The van der Waals surface area contributed by atoms with E-state index in [0.717, 1.165) is 53.9 Å². The van der Waals surface area contributed by atoms with Crippen LogP contribution >= 0.6 is 0 Å². The van der Waals surface area contributed by atoms with Crippen molar-refractivity contribution in [2.24, 2.45) is 4.99 Å². The van der Waals surface area contributed by atoms with E-state index in [1.807, 2.05) is 26.0 Å². The van der Waals surface area contributed by atoms with Crippen LogP contribution in [0, 0.1) is 16.7 Å². The van der Waals surface area contributed by atoms with Crippen LogP contribution in [0.4, 0.5) is 5.69 Å². The first-order valence-electron chi connectivity index (χ1n) is 14.8. The van der Waals surface area contributed by atoms with Crippen LogP contribution in [-0.4, -0.2) is 17.2 Å². The van der Waals surface area contributed by atoms with Gasteiger partial charge < -0.3 is 0 Å². The third-order valence-corrected chi connectivity index (χ3v) is 8.95. The number of hydrogen-bond acceptors (Lipinski definition) is 3. The zero-order valence-electron chi connectivity index (χ0n) is 25.4. The summed E-state index contributed by atoms with van der Waals surface area (Å²) < 4.78 is 0. The van der Waals surface area contributed by atoms with Gasteiger partial charge in [0.25, 0.3) is 0 Å². The molecule has 4 nitrogen and oxygen atoms in total.